The van der Waals surface area contributed by atoms with Crippen LogP contribution in [0.3, 0.4) is 0 Å². The number of aromatic nitrogens is 3. The molecule has 34 heavy (non-hydrogen) atoms. The third-order valence-corrected chi connectivity index (χ3v) is 6.40. The molecule has 9 heteroatoms. The molecule has 2 aromatic carbocycles. The van der Waals surface area contributed by atoms with Gasteiger partial charge in [-0.25, -0.2) is 4.79 Å². The van der Waals surface area contributed by atoms with Gasteiger partial charge in [0.05, 0.1) is 0 Å². The number of benzene rings is 2. The molecular formula is C25H27ClN4O4. The maximum Gasteiger partial charge on any atom is 0.410 e. The van der Waals surface area contributed by atoms with Gasteiger partial charge in [0.25, 0.3) is 0 Å². The highest BCUT2D eigenvalue weighted by Crippen LogP contribution is 2.22. The molecule has 1 aliphatic rings. The second-order valence-corrected chi connectivity index (χ2v) is 9.06. The number of Topliss-reactive ketones (excluding diaryl/α,β-unsaturated/α-hetero) is 2. The van der Waals surface area contributed by atoms with E-state index in [2.05, 4.69) is 15.4 Å². The van der Waals surface area contributed by atoms with Gasteiger partial charge < -0.3 is 9.64 Å². The van der Waals surface area contributed by atoms with Crippen LogP contribution in [0.2, 0.25) is 5.02 Å². The SMILES string of the molecule is O=C(CCCC(=O)C1CCN(C(=O)OCc2ccc(Cl)cc2)CC1)Cc1ccc2n[nH]nc2c1. The van der Waals surface area contributed by atoms with Crippen LogP contribution in [0.15, 0.2) is 42.5 Å². The molecule has 1 saturated heterocycles. The lowest BCUT2D eigenvalue weighted by Crippen LogP contribution is -2.40. The summed E-state index contributed by atoms with van der Waals surface area (Å²) in [4.78, 5) is 38.9. The maximum absolute atomic E-state index is 12.6. The second kappa shape index (κ2) is 11.2. The zero-order chi connectivity index (χ0) is 23.9. The van der Waals surface area contributed by atoms with Gasteiger partial charge in [-0.15, -0.1) is 0 Å². The van der Waals surface area contributed by atoms with E-state index < -0.39 is 0 Å². The van der Waals surface area contributed by atoms with Crippen LogP contribution in [0, 0.1) is 5.92 Å². The molecule has 4 rings (SSSR count). The van der Waals surface area contributed by atoms with Crippen LogP contribution in [0.25, 0.3) is 11.0 Å². The molecule has 178 valence electrons. The summed E-state index contributed by atoms with van der Waals surface area (Å²) >= 11 is 5.86. The summed E-state index contributed by atoms with van der Waals surface area (Å²) in [5, 5.41) is 11.2. The highest BCUT2D eigenvalue weighted by molar-refractivity contribution is 6.30. The summed E-state index contributed by atoms with van der Waals surface area (Å²) in [6.07, 6.45) is 2.52. The van der Waals surface area contributed by atoms with Crippen LogP contribution >= 0.6 is 11.6 Å². The predicted molar refractivity (Wildman–Crippen MR) is 127 cm³/mol. The zero-order valence-corrected chi connectivity index (χ0v) is 19.6. The molecule has 3 aromatic rings. The number of likely N-dealkylation sites (tertiary alicyclic amines) is 1. The number of ether oxygens (including phenoxy) is 1. The minimum absolute atomic E-state index is 0.0648. The number of H-pyrrole nitrogens is 1. The van der Waals surface area contributed by atoms with E-state index in [4.69, 9.17) is 16.3 Å². The van der Waals surface area contributed by atoms with E-state index in [9.17, 15) is 14.4 Å². The van der Waals surface area contributed by atoms with E-state index in [-0.39, 0.29) is 30.2 Å². The van der Waals surface area contributed by atoms with Gasteiger partial charge in [0.15, 0.2) is 0 Å². The van der Waals surface area contributed by atoms with Crippen molar-refractivity contribution in [2.45, 2.75) is 45.1 Å². The lowest BCUT2D eigenvalue weighted by Gasteiger charge is -2.30. The standard InChI is InChI=1S/C25H27ClN4O4/c26-20-7-4-17(5-8-20)16-34-25(33)30-12-10-19(11-13-30)24(32)3-1-2-21(31)14-18-6-9-22-23(15-18)28-29-27-22/h4-9,15,19H,1-3,10-14,16H2,(H,27,28,29). The number of piperidine rings is 1. The van der Waals surface area contributed by atoms with E-state index in [1.54, 1.807) is 17.0 Å². The Labute approximate surface area is 202 Å². The first-order chi connectivity index (χ1) is 16.5. The van der Waals surface area contributed by atoms with Gasteiger partial charge in [0.2, 0.25) is 0 Å². The van der Waals surface area contributed by atoms with E-state index in [0.717, 1.165) is 22.2 Å². The Balaban J connectivity index is 1.13. The average molecular weight is 483 g/mol. The van der Waals surface area contributed by atoms with Gasteiger partial charge in [-0.2, -0.15) is 15.4 Å². The Morgan fingerprint density at radius 1 is 0.971 bits per heavy atom. The Morgan fingerprint density at radius 2 is 1.68 bits per heavy atom. The number of fused-ring (bicyclic) bond motifs is 1. The van der Waals surface area contributed by atoms with Gasteiger partial charge in [-0.3, -0.25) is 9.59 Å². The van der Waals surface area contributed by atoms with Crippen molar-refractivity contribution >= 4 is 40.3 Å². The van der Waals surface area contributed by atoms with Crippen molar-refractivity contribution in [1.82, 2.24) is 20.3 Å². The van der Waals surface area contributed by atoms with Crippen LogP contribution in [0.5, 0.6) is 0 Å². The highest BCUT2D eigenvalue weighted by Gasteiger charge is 2.27. The number of hydrogen-bond donors (Lipinski definition) is 1. The Kier molecular flexibility index (Phi) is 7.90. The fraction of sp³-hybridized carbons (Fsp3) is 0.400. The number of carbonyl (C=O) groups excluding carboxylic acids is 3. The molecule has 0 radical (unpaired) electrons. The van der Waals surface area contributed by atoms with Crippen molar-refractivity contribution in [3.8, 4) is 0 Å². The van der Waals surface area contributed by atoms with Gasteiger partial charge in [0.1, 0.15) is 29.2 Å². The summed E-state index contributed by atoms with van der Waals surface area (Å²) < 4.78 is 5.37. The number of rotatable bonds is 9. The van der Waals surface area contributed by atoms with Crippen molar-refractivity contribution in [1.29, 1.82) is 0 Å². The maximum atomic E-state index is 12.6. The fourth-order valence-electron chi connectivity index (χ4n) is 4.18. The number of aromatic amines is 1. The smallest absolute Gasteiger partial charge is 0.410 e. The molecule has 1 amide bonds. The fourth-order valence-corrected chi connectivity index (χ4v) is 4.30. The Hall–Kier alpha value is -3.26. The van der Waals surface area contributed by atoms with Crippen molar-refractivity contribution < 1.29 is 19.1 Å². The molecule has 0 saturated carbocycles. The summed E-state index contributed by atoms with van der Waals surface area (Å²) in [6, 6.07) is 12.7. The molecule has 8 nitrogen and oxygen atoms in total. The lowest BCUT2D eigenvalue weighted by atomic mass is 9.90. The molecular weight excluding hydrogens is 456 g/mol. The zero-order valence-electron chi connectivity index (χ0n) is 18.8. The minimum atomic E-state index is -0.366. The first-order valence-corrected chi connectivity index (χ1v) is 11.9. The topological polar surface area (TPSA) is 105 Å². The van der Waals surface area contributed by atoms with Gasteiger partial charge in [0, 0.05) is 43.3 Å². The predicted octanol–water partition coefficient (Wildman–Crippen LogP) is 4.51. The third-order valence-electron chi connectivity index (χ3n) is 6.14. The summed E-state index contributed by atoms with van der Waals surface area (Å²) in [5.74, 6) is 0.213. The van der Waals surface area contributed by atoms with Crippen molar-refractivity contribution in [2.24, 2.45) is 5.92 Å². The van der Waals surface area contributed by atoms with Crippen LogP contribution in [0.1, 0.15) is 43.2 Å². The molecule has 1 fully saturated rings. The largest absolute Gasteiger partial charge is 0.445 e. The molecule has 2 heterocycles. The molecule has 1 aliphatic heterocycles. The molecule has 0 atom stereocenters. The minimum Gasteiger partial charge on any atom is -0.445 e. The van der Waals surface area contributed by atoms with Crippen molar-refractivity contribution in [3.05, 3.63) is 58.6 Å². The Morgan fingerprint density at radius 3 is 2.44 bits per heavy atom. The van der Waals surface area contributed by atoms with Crippen LogP contribution in [-0.4, -0.2) is 51.1 Å². The first kappa shape index (κ1) is 23.9. The van der Waals surface area contributed by atoms with E-state index in [1.807, 2.05) is 30.3 Å². The van der Waals surface area contributed by atoms with Crippen LogP contribution in [0.4, 0.5) is 4.79 Å². The summed E-state index contributed by atoms with van der Waals surface area (Å²) in [5.41, 5.74) is 3.27. The molecule has 0 spiro atoms. The molecule has 0 bridgehead atoms. The van der Waals surface area contributed by atoms with Crippen molar-refractivity contribution in [3.63, 3.8) is 0 Å². The van der Waals surface area contributed by atoms with Crippen LogP contribution < -0.4 is 0 Å². The number of hydrogen-bond acceptors (Lipinski definition) is 6. The molecule has 1 aromatic heterocycles. The number of amides is 1. The van der Waals surface area contributed by atoms with Crippen molar-refractivity contribution in [2.75, 3.05) is 13.1 Å². The number of ketones is 2. The molecule has 1 N–H and O–H groups in total. The van der Waals surface area contributed by atoms with E-state index in [0.29, 0.717) is 56.6 Å². The van der Waals surface area contributed by atoms with E-state index in [1.165, 1.54) is 0 Å². The monoisotopic (exact) mass is 482 g/mol. The van der Waals surface area contributed by atoms with Crippen LogP contribution in [-0.2, 0) is 27.4 Å². The average Bonchev–Trinajstić information content (AvgIpc) is 3.31. The number of nitrogens with zero attached hydrogens (tertiary/aromatic N) is 3. The lowest BCUT2D eigenvalue weighted by molar-refractivity contribution is -0.124. The van der Waals surface area contributed by atoms with Gasteiger partial charge >= 0.3 is 6.09 Å². The number of nitrogens with one attached hydrogen (secondary N) is 1. The summed E-state index contributed by atoms with van der Waals surface area (Å²) in [6.45, 7) is 1.19. The number of halogens is 1. The normalized spacial score (nSPS) is 14.3. The Bertz CT molecular complexity index is 1150. The molecule has 0 aliphatic carbocycles. The second-order valence-electron chi connectivity index (χ2n) is 8.62. The third kappa shape index (κ3) is 6.41. The quantitative estimate of drug-likeness (QED) is 0.481. The van der Waals surface area contributed by atoms with E-state index >= 15 is 0 Å². The molecule has 0 unspecified atom stereocenters. The first-order valence-electron chi connectivity index (χ1n) is 11.5. The summed E-state index contributed by atoms with van der Waals surface area (Å²) in [7, 11) is 0. The van der Waals surface area contributed by atoms with Gasteiger partial charge in [-0.1, -0.05) is 29.8 Å². The van der Waals surface area contributed by atoms with Gasteiger partial charge in [-0.05, 0) is 54.7 Å². The highest BCUT2D eigenvalue weighted by atomic mass is 35.5. The number of carbonyl (C=O) groups is 3.